The van der Waals surface area contributed by atoms with E-state index in [0.717, 1.165) is 12.8 Å². The maximum absolute atomic E-state index is 13.8. The molecule has 0 bridgehead atoms. The first-order chi connectivity index (χ1) is 16.8. The molecule has 0 radical (unpaired) electrons. The normalized spacial score (nSPS) is 22.9. The highest BCUT2D eigenvalue weighted by molar-refractivity contribution is 6.34. The van der Waals surface area contributed by atoms with Crippen LogP contribution in [0.1, 0.15) is 52.1 Å². The number of hydrogen-bond acceptors (Lipinski definition) is 4. The Hall–Kier alpha value is -3.46. The van der Waals surface area contributed by atoms with Crippen LogP contribution in [-0.2, 0) is 14.3 Å². The van der Waals surface area contributed by atoms with Crippen LogP contribution in [0.3, 0.4) is 0 Å². The Morgan fingerprint density at radius 1 is 1.20 bits per heavy atom. The summed E-state index contributed by atoms with van der Waals surface area (Å²) in [5.41, 5.74) is 3.95. The Bertz CT molecular complexity index is 1230. The van der Waals surface area contributed by atoms with Crippen molar-refractivity contribution in [3.8, 4) is 0 Å². The van der Waals surface area contributed by atoms with E-state index in [1.165, 1.54) is 18.2 Å². The molecule has 2 atom stereocenters. The lowest BCUT2D eigenvalue weighted by molar-refractivity contribution is -0.139. The van der Waals surface area contributed by atoms with Crippen molar-refractivity contribution >= 4 is 35.1 Å². The molecule has 1 aromatic carbocycles. The molecule has 3 aliphatic rings. The molecule has 1 aliphatic carbocycles. The van der Waals surface area contributed by atoms with Gasteiger partial charge in [-0.1, -0.05) is 0 Å². The van der Waals surface area contributed by atoms with Crippen molar-refractivity contribution < 1.29 is 23.5 Å². The average molecular weight is 481 g/mol. The number of carbonyl (C=O) groups excluding carboxylic acids is 3. The van der Waals surface area contributed by atoms with E-state index in [4.69, 9.17) is 4.74 Å². The zero-order valence-corrected chi connectivity index (χ0v) is 19.9. The van der Waals surface area contributed by atoms with E-state index >= 15 is 0 Å². The zero-order valence-electron chi connectivity index (χ0n) is 19.9. The van der Waals surface area contributed by atoms with Crippen LogP contribution in [-0.4, -0.2) is 60.0 Å². The summed E-state index contributed by atoms with van der Waals surface area (Å²) in [5.74, 6) is -0.863. The summed E-state index contributed by atoms with van der Waals surface area (Å²) in [6.07, 6.45) is 3.80. The first kappa shape index (κ1) is 23.3. The zero-order chi connectivity index (χ0) is 24.7. The number of H-pyrrole nitrogens is 1. The van der Waals surface area contributed by atoms with Gasteiger partial charge in [-0.2, -0.15) is 0 Å². The van der Waals surface area contributed by atoms with Gasteiger partial charge in [-0.05, 0) is 62.9 Å². The molecule has 1 aromatic heterocycles. The molecule has 2 fully saturated rings. The predicted octanol–water partition coefficient (Wildman–Crippen LogP) is 3.02. The number of aromatic amines is 1. The number of morpholine rings is 1. The van der Waals surface area contributed by atoms with Crippen molar-refractivity contribution in [1.82, 2.24) is 15.2 Å². The van der Waals surface area contributed by atoms with Gasteiger partial charge < -0.3 is 25.3 Å². The minimum Gasteiger partial charge on any atom is -0.378 e. The van der Waals surface area contributed by atoms with E-state index in [9.17, 15) is 18.8 Å². The first-order valence-corrected chi connectivity index (χ1v) is 12.0. The molecule has 35 heavy (non-hydrogen) atoms. The predicted molar refractivity (Wildman–Crippen MR) is 129 cm³/mol. The summed E-state index contributed by atoms with van der Waals surface area (Å²) in [6.45, 7) is 6.04. The number of nitrogens with one attached hydrogen (secondary N) is 3. The molecular weight excluding hydrogens is 451 g/mol. The first-order valence-electron chi connectivity index (χ1n) is 12.0. The van der Waals surface area contributed by atoms with Crippen molar-refractivity contribution in [2.45, 2.75) is 39.2 Å². The minimum absolute atomic E-state index is 0.0662. The van der Waals surface area contributed by atoms with Gasteiger partial charge in [0.15, 0.2) is 0 Å². The molecule has 3 heterocycles. The molecule has 8 nitrogen and oxygen atoms in total. The van der Waals surface area contributed by atoms with E-state index in [1.807, 2.05) is 18.7 Å². The standard InChI is InChI=1S/C26H29FN4O4/c1-14-22(13-20-19-12-17(27)4-6-21(19)30-24(20)32)28-15(2)23(14)25(33)29-18-5-3-16(11-18)26(34)31-7-9-35-10-8-31/h4,6,12-13,16,18,28H,3,5,7-11H2,1-2H3,(H,29,33)(H,30,32)/b20-13-/t16?,18-/m0/s1. The molecule has 3 amide bonds. The average Bonchev–Trinajstić information content (AvgIpc) is 3.50. The van der Waals surface area contributed by atoms with Crippen molar-refractivity contribution in [3.05, 3.63) is 52.1 Å². The molecule has 2 aromatic rings. The van der Waals surface area contributed by atoms with Crippen molar-refractivity contribution in [2.24, 2.45) is 5.92 Å². The smallest absolute Gasteiger partial charge is 0.256 e. The maximum Gasteiger partial charge on any atom is 0.256 e. The number of halogens is 1. The summed E-state index contributed by atoms with van der Waals surface area (Å²) in [7, 11) is 0. The van der Waals surface area contributed by atoms with Gasteiger partial charge in [0.05, 0.1) is 24.4 Å². The lowest BCUT2D eigenvalue weighted by Gasteiger charge is -2.29. The second-order valence-corrected chi connectivity index (χ2v) is 9.48. The highest BCUT2D eigenvalue weighted by Gasteiger charge is 2.34. The van der Waals surface area contributed by atoms with Crippen LogP contribution in [0.5, 0.6) is 0 Å². The molecule has 0 spiro atoms. The number of fused-ring (bicyclic) bond motifs is 1. The lowest BCUT2D eigenvalue weighted by Crippen LogP contribution is -2.43. The number of ether oxygens (including phenoxy) is 1. The molecule has 2 aliphatic heterocycles. The molecule has 1 saturated carbocycles. The number of hydrogen-bond donors (Lipinski definition) is 3. The van der Waals surface area contributed by atoms with Crippen molar-refractivity contribution in [2.75, 3.05) is 31.6 Å². The summed E-state index contributed by atoms with van der Waals surface area (Å²) in [5, 5.41) is 5.84. The molecule has 9 heteroatoms. The largest absolute Gasteiger partial charge is 0.378 e. The van der Waals surface area contributed by atoms with Gasteiger partial charge >= 0.3 is 0 Å². The highest BCUT2D eigenvalue weighted by atomic mass is 19.1. The van der Waals surface area contributed by atoms with Gasteiger partial charge in [0.25, 0.3) is 11.8 Å². The number of aryl methyl sites for hydroxylation is 1. The van der Waals surface area contributed by atoms with Crippen LogP contribution in [0.15, 0.2) is 18.2 Å². The Morgan fingerprint density at radius 2 is 1.97 bits per heavy atom. The molecule has 5 rings (SSSR count). The van der Waals surface area contributed by atoms with Crippen LogP contribution in [0.2, 0.25) is 0 Å². The fourth-order valence-corrected chi connectivity index (χ4v) is 5.34. The number of benzene rings is 1. The minimum atomic E-state index is -0.424. The van der Waals surface area contributed by atoms with Crippen LogP contribution in [0.25, 0.3) is 11.6 Å². The van der Waals surface area contributed by atoms with Crippen LogP contribution in [0.4, 0.5) is 10.1 Å². The lowest BCUT2D eigenvalue weighted by atomic mass is 10.0. The van der Waals surface area contributed by atoms with Crippen LogP contribution >= 0.6 is 0 Å². The van der Waals surface area contributed by atoms with Crippen molar-refractivity contribution in [1.29, 1.82) is 0 Å². The fourth-order valence-electron chi connectivity index (χ4n) is 5.34. The summed E-state index contributed by atoms with van der Waals surface area (Å²) in [6, 6.07) is 4.10. The van der Waals surface area contributed by atoms with E-state index < -0.39 is 5.82 Å². The molecular formula is C26H29FN4O4. The molecule has 3 N–H and O–H groups in total. The second-order valence-electron chi connectivity index (χ2n) is 9.48. The number of amides is 3. The summed E-state index contributed by atoms with van der Waals surface area (Å²) >= 11 is 0. The maximum atomic E-state index is 13.8. The Labute approximate surface area is 202 Å². The molecule has 1 unspecified atom stereocenters. The van der Waals surface area contributed by atoms with Crippen LogP contribution < -0.4 is 10.6 Å². The number of nitrogens with zero attached hydrogens (tertiary/aromatic N) is 1. The Balaban J connectivity index is 1.30. The summed E-state index contributed by atoms with van der Waals surface area (Å²) < 4.78 is 19.1. The number of carbonyl (C=O) groups is 3. The number of aromatic nitrogens is 1. The number of rotatable bonds is 4. The fraction of sp³-hybridized carbons (Fsp3) is 0.423. The van der Waals surface area contributed by atoms with Gasteiger partial charge in [-0.3, -0.25) is 14.4 Å². The topological polar surface area (TPSA) is 104 Å². The van der Waals surface area contributed by atoms with E-state index in [1.54, 1.807) is 6.08 Å². The third-order valence-corrected chi connectivity index (χ3v) is 7.20. The van der Waals surface area contributed by atoms with Gasteiger partial charge in [0, 0.05) is 47.7 Å². The Kier molecular flexibility index (Phi) is 6.19. The highest BCUT2D eigenvalue weighted by Crippen LogP contribution is 2.34. The van der Waals surface area contributed by atoms with Crippen LogP contribution in [0, 0.1) is 25.6 Å². The van der Waals surface area contributed by atoms with E-state index in [2.05, 4.69) is 15.6 Å². The van der Waals surface area contributed by atoms with Gasteiger partial charge in [0.2, 0.25) is 5.91 Å². The second kappa shape index (κ2) is 9.30. The quantitative estimate of drug-likeness (QED) is 0.586. The van der Waals surface area contributed by atoms with E-state index in [0.29, 0.717) is 72.1 Å². The molecule has 184 valence electrons. The third kappa shape index (κ3) is 4.48. The van der Waals surface area contributed by atoms with E-state index in [-0.39, 0.29) is 29.7 Å². The van der Waals surface area contributed by atoms with Gasteiger partial charge in [0.1, 0.15) is 5.82 Å². The molecule has 1 saturated heterocycles. The monoisotopic (exact) mass is 480 g/mol. The van der Waals surface area contributed by atoms with Crippen molar-refractivity contribution in [3.63, 3.8) is 0 Å². The summed E-state index contributed by atoms with van der Waals surface area (Å²) in [4.78, 5) is 43.5. The SMILES string of the molecule is Cc1[nH]c(/C=C2\C(=O)Nc3ccc(F)cc32)c(C)c1C(=O)N[C@H]1CCC(C(=O)N2CCOCC2)C1. The third-order valence-electron chi connectivity index (χ3n) is 7.20. The van der Waals surface area contributed by atoms with Gasteiger partial charge in [-0.15, -0.1) is 0 Å². The Morgan fingerprint density at radius 3 is 2.74 bits per heavy atom. The number of anilines is 1. The van der Waals surface area contributed by atoms with Gasteiger partial charge in [-0.25, -0.2) is 4.39 Å².